The number of hydrogen-bond donors (Lipinski definition) is 2. The van der Waals surface area contributed by atoms with Crippen molar-refractivity contribution in [2.24, 2.45) is 5.73 Å². The minimum absolute atomic E-state index is 0. The van der Waals surface area contributed by atoms with Gasteiger partial charge in [0.2, 0.25) is 5.91 Å². The number of hydrogen-bond acceptors (Lipinski definition) is 4. The van der Waals surface area contributed by atoms with Gasteiger partial charge in [-0.25, -0.2) is 0 Å². The Bertz CT molecular complexity index is 732. The molecule has 136 valence electrons. The zero-order valence-electron chi connectivity index (χ0n) is 14.9. The minimum atomic E-state index is 0. The van der Waals surface area contributed by atoms with Crippen LogP contribution in [0.25, 0.3) is 0 Å². The molecule has 4 nitrogen and oxygen atoms in total. The average Bonchev–Trinajstić information content (AvgIpc) is 3.03. The first-order valence-electron chi connectivity index (χ1n) is 8.35. The van der Waals surface area contributed by atoms with Gasteiger partial charge in [0.1, 0.15) is 0 Å². The summed E-state index contributed by atoms with van der Waals surface area (Å²) in [4.78, 5) is 15.8. The van der Waals surface area contributed by atoms with Crippen molar-refractivity contribution in [1.29, 1.82) is 0 Å². The maximum absolute atomic E-state index is 12.4. The molecule has 1 aliphatic rings. The summed E-state index contributed by atoms with van der Waals surface area (Å²) in [6.07, 6.45) is 0. The van der Waals surface area contributed by atoms with Gasteiger partial charge >= 0.3 is 0 Å². The highest BCUT2D eigenvalue weighted by atomic mass is 35.5. The molecule has 25 heavy (non-hydrogen) atoms. The van der Waals surface area contributed by atoms with Crippen molar-refractivity contribution in [3.8, 4) is 0 Å². The number of nitrogens with two attached hydrogens (primary N) is 1. The molecule has 1 aromatic heterocycles. The van der Waals surface area contributed by atoms with Crippen LogP contribution in [0.3, 0.4) is 0 Å². The second-order valence-corrected chi connectivity index (χ2v) is 7.89. The van der Waals surface area contributed by atoms with Crippen molar-refractivity contribution in [2.75, 3.05) is 25.0 Å². The Balaban J connectivity index is 0.00000225. The van der Waals surface area contributed by atoms with E-state index < -0.39 is 0 Å². The Morgan fingerprint density at radius 1 is 1.20 bits per heavy atom. The van der Waals surface area contributed by atoms with Gasteiger partial charge in [-0.2, -0.15) is 0 Å². The molecule has 2 aromatic rings. The number of anilines is 1. The van der Waals surface area contributed by atoms with Crippen LogP contribution in [0.2, 0.25) is 0 Å². The number of carbonyl (C=O) groups excluding carboxylic acids is 1. The Morgan fingerprint density at radius 3 is 2.48 bits per heavy atom. The number of amides is 1. The van der Waals surface area contributed by atoms with Gasteiger partial charge in [-0.1, -0.05) is 30.3 Å². The van der Waals surface area contributed by atoms with Crippen LogP contribution in [-0.4, -0.2) is 36.5 Å². The van der Waals surface area contributed by atoms with E-state index in [-0.39, 0.29) is 24.4 Å². The lowest BCUT2D eigenvalue weighted by atomic mass is 9.95. The van der Waals surface area contributed by atoms with Gasteiger partial charge in [-0.05, 0) is 37.5 Å². The van der Waals surface area contributed by atoms with Crippen LogP contribution in [0, 0.1) is 20.8 Å². The van der Waals surface area contributed by atoms with E-state index in [1.165, 1.54) is 21.6 Å². The first kappa shape index (κ1) is 19.9. The van der Waals surface area contributed by atoms with Crippen molar-refractivity contribution in [2.45, 2.75) is 32.7 Å². The zero-order valence-corrected chi connectivity index (χ0v) is 16.5. The quantitative estimate of drug-likeness (QED) is 0.855. The number of carbonyl (C=O) groups is 1. The molecule has 0 spiro atoms. The molecule has 1 amide bonds. The maximum Gasteiger partial charge on any atom is 0.239 e. The summed E-state index contributed by atoms with van der Waals surface area (Å²) in [6, 6.07) is 10.4. The number of aryl methyl sites for hydroxylation is 1. The number of nitrogens with zero attached hydrogens (tertiary/aromatic N) is 1. The third kappa shape index (κ3) is 4.42. The molecule has 0 unspecified atom stereocenters. The monoisotopic (exact) mass is 379 g/mol. The second kappa shape index (κ2) is 8.32. The smallest absolute Gasteiger partial charge is 0.239 e. The average molecular weight is 380 g/mol. The van der Waals surface area contributed by atoms with E-state index in [9.17, 15) is 4.79 Å². The summed E-state index contributed by atoms with van der Waals surface area (Å²) in [7, 11) is 0. The lowest BCUT2D eigenvalue weighted by Gasteiger charge is -2.15. The molecule has 0 radical (unpaired) electrons. The molecule has 1 fully saturated rings. The highest BCUT2D eigenvalue weighted by Gasteiger charge is 2.32. The van der Waals surface area contributed by atoms with Gasteiger partial charge in [0.15, 0.2) is 0 Å². The van der Waals surface area contributed by atoms with E-state index in [0.29, 0.717) is 12.5 Å². The van der Waals surface area contributed by atoms with E-state index in [4.69, 9.17) is 5.73 Å². The zero-order chi connectivity index (χ0) is 17.3. The molecule has 3 N–H and O–H groups in total. The summed E-state index contributed by atoms with van der Waals surface area (Å²) < 4.78 is 0. The van der Waals surface area contributed by atoms with Crippen LogP contribution < -0.4 is 11.1 Å². The van der Waals surface area contributed by atoms with Crippen molar-refractivity contribution >= 4 is 34.7 Å². The predicted octanol–water partition coefficient (Wildman–Crippen LogP) is 3.46. The minimum Gasteiger partial charge on any atom is -0.326 e. The molecule has 2 atom stereocenters. The van der Waals surface area contributed by atoms with Gasteiger partial charge in [0.25, 0.3) is 0 Å². The van der Waals surface area contributed by atoms with Gasteiger partial charge in [-0.15, -0.1) is 23.7 Å². The highest BCUT2D eigenvalue weighted by Crippen LogP contribution is 2.31. The van der Waals surface area contributed by atoms with Crippen LogP contribution in [-0.2, 0) is 4.79 Å². The fourth-order valence-electron chi connectivity index (χ4n) is 3.32. The van der Waals surface area contributed by atoms with Gasteiger partial charge in [0, 0.05) is 29.9 Å². The largest absolute Gasteiger partial charge is 0.326 e. The van der Waals surface area contributed by atoms with Crippen LogP contribution in [0.5, 0.6) is 0 Å². The Kier molecular flexibility index (Phi) is 6.63. The number of thiophene rings is 1. The molecule has 2 heterocycles. The molecule has 1 aromatic carbocycles. The number of benzene rings is 1. The van der Waals surface area contributed by atoms with Gasteiger partial charge in [-0.3, -0.25) is 9.69 Å². The Morgan fingerprint density at radius 2 is 1.88 bits per heavy atom. The third-order valence-corrected chi connectivity index (χ3v) is 6.20. The van der Waals surface area contributed by atoms with Crippen molar-refractivity contribution in [3.63, 3.8) is 0 Å². The van der Waals surface area contributed by atoms with Gasteiger partial charge in [0.05, 0.1) is 11.5 Å². The lowest BCUT2D eigenvalue weighted by Crippen LogP contribution is -2.33. The van der Waals surface area contributed by atoms with E-state index in [2.05, 4.69) is 43.1 Å². The fraction of sp³-hybridized carbons (Fsp3) is 0.421. The first-order valence-corrected chi connectivity index (χ1v) is 9.16. The fourth-order valence-corrected chi connectivity index (χ4v) is 4.41. The van der Waals surface area contributed by atoms with Crippen molar-refractivity contribution < 1.29 is 4.79 Å². The highest BCUT2D eigenvalue weighted by molar-refractivity contribution is 7.16. The predicted molar refractivity (Wildman–Crippen MR) is 108 cm³/mol. The summed E-state index contributed by atoms with van der Waals surface area (Å²) in [6.45, 7) is 8.24. The number of rotatable bonds is 4. The van der Waals surface area contributed by atoms with E-state index >= 15 is 0 Å². The maximum atomic E-state index is 12.4. The van der Waals surface area contributed by atoms with Crippen LogP contribution in [0.1, 0.15) is 27.5 Å². The van der Waals surface area contributed by atoms with E-state index in [1.807, 2.05) is 18.2 Å². The molecule has 0 bridgehead atoms. The molecule has 6 heteroatoms. The van der Waals surface area contributed by atoms with Crippen LogP contribution >= 0.6 is 23.7 Å². The number of nitrogens with one attached hydrogen (secondary N) is 1. The van der Waals surface area contributed by atoms with Crippen molar-refractivity contribution in [3.05, 3.63) is 51.9 Å². The Hall–Kier alpha value is -1.40. The van der Waals surface area contributed by atoms with Crippen LogP contribution in [0.15, 0.2) is 30.3 Å². The van der Waals surface area contributed by atoms with Crippen molar-refractivity contribution in [1.82, 2.24) is 4.90 Å². The summed E-state index contributed by atoms with van der Waals surface area (Å²) >= 11 is 1.65. The lowest BCUT2D eigenvalue weighted by molar-refractivity contribution is -0.117. The standard InChI is InChI=1S/C19H25N3OS.ClH/c1-12-13(2)19(24-14(12)3)21-18(23)11-22-9-16(17(20)10-22)15-7-5-4-6-8-15;/h4-8,16-17H,9-11,20H2,1-3H3,(H,21,23);1H/t16-,17+;/m0./s1. The second-order valence-electron chi connectivity index (χ2n) is 6.66. The Labute approximate surface area is 159 Å². The van der Waals surface area contributed by atoms with Gasteiger partial charge < -0.3 is 11.1 Å². The number of likely N-dealkylation sites (tertiary alicyclic amines) is 1. The summed E-state index contributed by atoms with van der Waals surface area (Å²) in [5.41, 5.74) is 10.0. The molecule has 0 saturated carbocycles. The normalized spacial score (nSPS) is 20.3. The topological polar surface area (TPSA) is 58.4 Å². The molecule has 1 aliphatic heterocycles. The SMILES string of the molecule is Cc1sc(NC(=O)CN2C[C@@H](N)[C@H](c3ccccc3)C2)c(C)c1C.Cl. The molecular formula is C19H26ClN3OS. The molecule has 3 rings (SSSR count). The van der Waals surface area contributed by atoms with Crippen LogP contribution in [0.4, 0.5) is 5.00 Å². The summed E-state index contributed by atoms with van der Waals surface area (Å²) in [5, 5.41) is 4.04. The van der Waals surface area contributed by atoms with E-state index in [1.54, 1.807) is 11.3 Å². The third-order valence-electron chi connectivity index (χ3n) is 4.97. The summed E-state index contributed by atoms with van der Waals surface area (Å²) in [5.74, 6) is 0.340. The molecular weight excluding hydrogens is 354 g/mol. The first-order chi connectivity index (χ1) is 11.5. The van der Waals surface area contributed by atoms with E-state index in [0.717, 1.165) is 18.1 Å². The number of halogens is 1. The molecule has 1 saturated heterocycles. The molecule has 0 aliphatic carbocycles.